The molecular weight excluding hydrogens is 136 g/mol. The Morgan fingerprint density at radius 1 is 1.36 bits per heavy atom. The van der Waals surface area contributed by atoms with E-state index >= 15 is 0 Å². The van der Waals surface area contributed by atoms with Crippen molar-refractivity contribution < 1.29 is 4.74 Å². The fraction of sp³-hybridized carbons (Fsp3) is 0.800. The zero-order chi connectivity index (χ0) is 9.11. The number of hydrogen-bond donors (Lipinski definition) is 0. The van der Waals surface area contributed by atoms with Gasteiger partial charge in [-0.2, -0.15) is 0 Å². The average molecular weight is 158 g/mol. The first-order valence-corrected chi connectivity index (χ1v) is 4.39. The van der Waals surface area contributed by atoms with Crippen molar-refractivity contribution in [1.29, 1.82) is 0 Å². The second-order valence-corrected chi connectivity index (χ2v) is 2.68. The molecule has 0 aromatic carbocycles. The Labute approximate surface area is 71.5 Å². The van der Waals surface area contributed by atoms with Gasteiger partial charge < -0.3 is 4.74 Å². The van der Waals surface area contributed by atoms with E-state index in [1.807, 2.05) is 0 Å². The van der Waals surface area contributed by atoms with Gasteiger partial charge in [-0.15, -0.1) is 13.2 Å². The normalized spacial score (nSPS) is 20.8. The quantitative estimate of drug-likeness (QED) is 0.492. The summed E-state index contributed by atoms with van der Waals surface area (Å²) >= 11 is 0. The Kier molecular flexibility index (Phi) is 15.0. The molecule has 1 fully saturated rings. The molecule has 0 spiro atoms. The molecule has 0 aliphatic carbocycles. The van der Waals surface area contributed by atoms with Crippen molar-refractivity contribution >= 4 is 0 Å². The third-order valence-corrected chi connectivity index (χ3v) is 1.16. The summed E-state index contributed by atoms with van der Waals surface area (Å²) in [5, 5.41) is 0. The summed E-state index contributed by atoms with van der Waals surface area (Å²) in [4.78, 5) is 0. The standard InChI is InChI=1S/C5H10O.C3H8.C2H4/c1-5-2-3-6-4-5;1-3-2;1-2/h5H,2-4H2,1H3;3H2,1-2H3;1-2H2. The highest BCUT2D eigenvalue weighted by molar-refractivity contribution is 4.55. The first kappa shape index (κ1) is 13.3. The molecule has 1 nitrogen and oxygen atoms in total. The van der Waals surface area contributed by atoms with Gasteiger partial charge >= 0.3 is 0 Å². The van der Waals surface area contributed by atoms with Crippen LogP contribution in [0.2, 0.25) is 0 Å². The summed E-state index contributed by atoms with van der Waals surface area (Å²) in [7, 11) is 0. The van der Waals surface area contributed by atoms with Crippen LogP contribution in [0.3, 0.4) is 0 Å². The molecule has 1 heterocycles. The van der Waals surface area contributed by atoms with Gasteiger partial charge in [-0.05, 0) is 12.3 Å². The topological polar surface area (TPSA) is 9.23 Å². The van der Waals surface area contributed by atoms with Gasteiger partial charge in [-0.3, -0.25) is 0 Å². The number of hydrogen-bond acceptors (Lipinski definition) is 1. The van der Waals surface area contributed by atoms with E-state index in [2.05, 4.69) is 33.9 Å². The summed E-state index contributed by atoms with van der Waals surface area (Å²) in [5.41, 5.74) is 0. The van der Waals surface area contributed by atoms with E-state index in [4.69, 9.17) is 4.74 Å². The first-order chi connectivity index (χ1) is 5.31. The van der Waals surface area contributed by atoms with Gasteiger partial charge in [-0.25, -0.2) is 0 Å². The maximum atomic E-state index is 5.06. The van der Waals surface area contributed by atoms with Crippen LogP contribution < -0.4 is 0 Å². The Balaban J connectivity index is 0. The summed E-state index contributed by atoms with van der Waals surface area (Å²) in [5.74, 6) is 0.824. The highest BCUT2D eigenvalue weighted by atomic mass is 16.5. The van der Waals surface area contributed by atoms with Crippen molar-refractivity contribution in [2.75, 3.05) is 13.2 Å². The van der Waals surface area contributed by atoms with Gasteiger partial charge in [0.2, 0.25) is 0 Å². The van der Waals surface area contributed by atoms with E-state index in [1.54, 1.807) is 0 Å². The molecular formula is C10H22O. The molecule has 0 radical (unpaired) electrons. The van der Waals surface area contributed by atoms with Crippen LogP contribution in [0.4, 0.5) is 0 Å². The molecule has 0 aromatic heterocycles. The highest BCUT2D eigenvalue weighted by Gasteiger charge is 2.07. The smallest absolute Gasteiger partial charge is 0.0492 e. The van der Waals surface area contributed by atoms with Gasteiger partial charge in [0, 0.05) is 13.2 Å². The van der Waals surface area contributed by atoms with Crippen molar-refractivity contribution in [3.8, 4) is 0 Å². The van der Waals surface area contributed by atoms with Crippen molar-refractivity contribution in [3.63, 3.8) is 0 Å². The molecule has 1 aliphatic rings. The minimum absolute atomic E-state index is 0.824. The van der Waals surface area contributed by atoms with Gasteiger partial charge in [0.25, 0.3) is 0 Å². The van der Waals surface area contributed by atoms with Gasteiger partial charge in [-0.1, -0.05) is 27.2 Å². The number of rotatable bonds is 0. The van der Waals surface area contributed by atoms with Gasteiger partial charge in [0.1, 0.15) is 0 Å². The minimum Gasteiger partial charge on any atom is -0.381 e. The van der Waals surface area contributed by atoms with Crippen LogP contribution >= 0.6 is 0 Å². The molecule has 11 heavy (non-hydrogen) atoms. The lowest BCUT2D eigenvalue weighted by Crippen LogP contribution is -1.88. The van der Waals surface area contributed by atoms with Gasteiger partial charge in [0.15, 0.2) is 0 Å². The van der Waals surface area contributed by atoms with Gasteiger partial charge in [0.05, 0.1) is 0 Å². The lowest BCUT2D eigenvalue weighted by atomic mass is 10.2. The second-order valence-electron chi connectivity index (χ2n) is 2.68. The molecule has 1 aliphatic heterocycles. The van der Waals surface area contributed by atoms with E-state index in [1.165, 1.54) is 12.8 Å². The fourth-order valence-corrected chi connectivity index (χ4v) is 0.652. The van der Waals surface area contributed by atoms with Crippen LogP contribution in [0.5, 0.6) is 0 Å². The predicted molar refractivity (Wildman–Crippen MR) is 51.8 cm³/mol. The van der Waals surface area contributed by atoms with Crippen LogP contribution in [0.1, 0.15) is 33.6 Å². The lowest BCUT2D eigenvalue weighted by molar-refractivity contribution is 0.188. The molecule has 1 atom stereocenters. The monoisotopic (exact) mass is 158 g/mol. The predicted octanol–water partition coefficient (Wildman–Crippen LogP) is 3.26. The maximum absolute atomic E-state index is 5.06. The van der Waals surface area contributed by atoms with Crippen LogP contribution in [0, 0.1) is 5.92 Å². The van der Waals surface area contributed by atoms with E-state index < -0.39 is 0 Å². The summed E-state index contributed by atoms with van der Waals surface area (Å²) < 4.78 is 5.06. The SMILES string of the molecule is C=C.CC1CCOC1.CCC. The molecule has 1 rings (SSSR count). The first-order valence-electron chi connectivity index (χ1n) is 4.39. The van der Waals surface area contributed by atoms with Crippen LogP contribution in [0.15, 0.2) is 13.2 Å². The molecule has 0 amide bonds. The van der Waals surface area contributed by atoms with Crippen molar-refractivity contribution in [3.05, 3.63) is 13.2 Å². The average Bonchev–Trinajstić information content (AvgIpc) is 2.46. The largest absolute Gasteiger partial charge is 0.381 e. The summed E-state index contributed by atoms with van der Waals surface area (Å²) in [6.45, 7) is 14.4. The van der Waals surface area contributed by atoms with Crippen LogP contribution in [0.25, 0.3) is 0 Å². The van der Waals surface area contributed by atoms with E-state index in [9.17, 15) is 0 Å². The third-order valence-electron chi connectivity index (χ3n) is 1.16. The Bertz CT molecular complexity index is 55.9. The van der Waals surface area contributed by atoms with E-state index in [0.717, 1.165) is 19.1 Å². The molecule has 68 valence electrons. The molecule has 1 saturated heterocycles. The maximum Gasteiger partial charge on any atom is 0.0492 e. The minimum atomic E-state index is 0.824. The van der Waals surface area contributed by atoms with E-state index in [-0.39, 0.29) is 0 Å². The Hall–Kier alpha value is -0.300. The van der Waals surface area contributed by atoms with Crippen LogP contribution in [-0.4, -0.2) is 13.2 Å². The molecule has 0 N–H and O–H groups in total. The molecule has 0 saturated carbocycles. The number of ether oxygens (including phenoxy) is 1. The van der Waals surface area contributed by atoms with Crippen molar-refractivity contribution in [2.24, 2.45) is 5.92 Å². The van der Waals surface area contributed by atoms with E-state index in [0.29, 0.717) is 0 Å². The third kappa shape index (κ3) is 12.8. The van der Waals surface area contributed by atoms with Crippen molar-refractivity contribution in [2.45, 2.75) is 33.6 Å². The summed E-state index contributed by atoms with van der Waals surface area (Å²) in [6, 6.07) is 0. The molecule has 1 unspecified atom stereocenters. The van der Waals surface area contributed by atoms with Crippen molar-refractivity contribution in [1.82, 2.24) is 0 Å². The zero-order valence-electron chi connectivity index (χ0n) is 8.23. The Morgan fingerprint density at radius 3 is 1.91 bits per heavy atom. The Morgan fingerprint density at radius 2 is 1.82 bits per heavy atom. The lowest BCUT2D eigenvalue weighted by Gasteiger charge is -1.89. The highest BCUT2D eigenvalue weighted by Crippen LogP contribution is 2.09. The molecule has 1 heteroatoms. The van der Waals surface area contributed by atoms with Crippen LogP contribution in [-0.2, 0) is 4.74 Å². The molecule has 0 bridgehead atoms. The summed E-state index contributed by atoms with van der Waals surface area (Å²) in [6.07, 6.45) is 2.51. The molecule has 0 aromatic rings. The zero-order valence-corrected chi connectivity index (χ0v) is 8.23. The second kappa shape index (κ2) is 12.4. The fourth-order valence-electron chi connectivity index (χ4n) is 0.652.